The molecule has 0 N–H and O–H groups in total. The first-order valence-electron chi connectivity index (χ1n) is 4.87. The van der Waals surface area contributed by atoms with E-state index < -0.39 is 0 Å². The van der Waals surface area contributed by atoms with Crippen molar-refractivity contribution in [2.45, 2.75) is 20.8 Å². The van der Waals surface area contributed by atoms with Gasteiger partial charge < -0.3 is 4.84 Å². The Bertz CT molecular complexity index is 526. The molecule has 0 unspecified atom stereocenters. The third-order valence-corrected chi connectivity index (χ3v) is 2.59. The third-order valence-electron chi connectivity index (χ3n) is 2.59. The normalized spacial score (nSPS) is 10.6. The number of aryl methyl sites for hydroxylation is 1. The van der Waals surface area contributed by atoms with Crippen LogP contribution >= 0.6 is 0 Å². The Labute approximate surface area is 88.2 Å². The molecule has 0 saturated heterocycles. The molecule has 15 heavy (non-hydrogen) atoms. The number of rotatable bonds is 1. The Hall–Kier alpha value is -1.77. The molecule has 1 aromatic heterocycles. The topological polar surface area (TPSA) is 31.2 Å². The number of nitrogens with zero attached hydrogens (tertiary/aromatic N) is 1. The average Bonchev–Trinajstić information content (AvgIpc) is 2.44. The van der Waals surface area contributed by atoms with Gasteiger partial charge in [0.05, 0.1) is 11.2 Å². The summed E-state index contributed by atoms with van der Waals surface area (Å²) in [6.07, 6.45) is 0. The Balaban J connectivity index is 2.72. The largest absolute Gasteiger partial charge is 0.337 e. The van der Waals surface area contributed by atoms with Crippen LogP contribution in [-0.4, -0.2) is 10.7 Å². The zero-order valence-electron chi connectivity index (χ0n) is 9.07. The number of para-hydroxylation sites is 1. The van der Waals surface area contributed by atoms with Crippen LogP contribution in [0.25, 0.3) is 10.9 Å². The monoisotopic (exact) mass is 203 g/mol. The molecular weight excluding hydrogens is 190 g/mol. The Morgan fingerprint density at radius 3 is 2.60 bits per heavy atom. The average molecular weight is 203 g/mol. The van der Waals surface area contributed by atoms with E-state index in [0.29, 0.717) is 0 Å². The lowest BCUT2D eigenvalue weighted by molar-refractivity contribution is -0.141. The zero-order chi connectivity index (χ0) is 11.0. The molecule has 0 bridgehead atoms. The standard InChI is InChI=1S/C12H13NO2/c1-8-9(2)13(15-10(3)14)12-7-5-4-6-11(8)12/h4-7H,1-3H3. The van der Waals surface area contributed by atoms with E-state index in [1.165, 1.54) is 6.92 Å². The number of carbonyl (C=O) groups excluding carboxylic acids is 1. The van der Waals surface area contributed by atoms with Crippen LogP contribution in [-0.2, 0) is 4.79 Å². The van der Waals surface area contributed by atoms with Gasteiger partial charge in [-0.25, -0.2) is 4.79 Å². The Morgan fingerprint density at radius 2 is 1.93 bits per heavy atom. The van der Waals surface area contributed by atoms with Gasteiger partial charge in [-0.05, 0) is 25.5 Å². The van der Waals surface area contributed by atoms with Crippen LogP contribution in [0.5, 0.6) is 0 Å². The van der Waals surface area contributed by atoms with E-state index in [9.17, 15) is 4.79 Å². The van der Waals surface area contributed by atoms with Gasteiger partial charge in [-0.1, -0.05) is 18.2 Å². The van der Waals surface area contributed by atoms with E-state index in [1.54, 1.807) is 4.73 Å². The lowest BCUT2D eigenvalue weighted by Crippen LogP contribution is -2.17. The summed E-state index contributed by atoms with van der Waals surface area (Å²) < 4.78 is 1.59. The predicted octanol–water partition coefficient (Wildman–Crippen LogP) is 2.23. The van der Waals surface area contributed by atoms with E-state index in [2.05, 4.69) is 0 Å². The molecule has 3 nitrogen and oxygen atoms in total. The first-order valence-corrected chi connectivity index (χ1v) is 4.87. The SMILES string of the molecule is CC(=O)On1c(C)c(C)c2ccccc21. The van der Waals surface area contributed by atoms with Crippen LogP contribution in [0.3, 0.4) is 0 Å². The number of hydrogen-bond acceptors (Lipinski definition) is 2. The van der Waals surface area contributed by atoms with Crippen LogP contribution in [0.4, 0.5) is 0 Å². The molecule has 0 saturated carbocycles. The second-order valence-electron chi connectivity index (χ2n) is 3.60. The Kier molecular flexibility index (Phi) is 2.23. The second kappa shape index (κ2) is 3.42. The van der Waals surface area contributed by atoms with Gasteiger partial charge in [-0.15, -0.1) is 0 Å². The van der Waals surface area contributed by atoms with Gasteiger partial charge in [0.1, 0.15) is 0 Å². The highest BCUT2D eigenvalue weighted by Crippen LogP contribution is 2.23. The molecule has 0 fully saturated rings. The lowest BCUT2D eigenvalue weighted by Gasteiger charge is -2.05. The number of fused-ring (bicyclic) bond motifs is 1. The lowest BCUT2D eigenvalue weighted by atomic mass is 10.2. The maximum atomic E-state index is 11.0. The van der Waals surface area contributed by atoms with Crippen LogP contribution in [0.15, 0.2) is 24.3 Å². The summed E-state index contributed by atoms with van der Waals surface area (Å²) >= 11 is 0. The maximum Gasteiger partial charge on any atom is 0.329 e. The van der Waals surface area contributed by atoms with Crippen LogP contribution in [0.2, 0.25) is 0 Å². The summed E-state index contributed by atoms with van der Waals surface area (Å²) in [4.78, 5) is 16.1. The highest BCUT2D eigenvalue weighted by atomic mass is 16.7. The highest BCUT2D eigenvalue weighted by Gasteiger charge is 2.11. The van der Waals surface area contributed by atoms with Crippen molar-refractivity contribution in [1.82, 2.24) is 4.73 Å². The van der Waals surface area contributed by atoms with Gasteiger partial charge in [-0.3, -0.25) is 0 Å². The van der Waals surface area contributed by atoms with Gasteiger partial charge >= 0.3 is 5.97 Å². The number of benzene rings is 1. The second-order valence-corrected chi connectivity index (χ2v) is 3.60. The summed E-state index contributed by atoms with van der Waals surface area (Å²) in [5, 5.41) is 1.12. The maximum absolute atomic E-state index is 11.0. The summed E-state index contributed by atoms with van der Waals surface area (Å²) in [7, 11) is 0. The van der Waals surface area contributed by atoms with Crippen molar-refractivity contribution in [3.8, 4) is 0 Å². The third kappa shape index (κ3) is 1.50. The molecule has 3 heteroatoms. The molecule has 1 aromatic carbocycles. The summed E-state index contributed by atoms with van der Waals surface area (Å²) in [6, 6.07) is 7.88. The van der Waals surface area contributed by atoms with E-state index in [4.69, 9.17) is 4.84 Å². The first-order chi connectivity index (χ1) is 7.11. The summed E-state index contributed by atoms with van der Waals surface area (Å²) in [5.41, 5.74) is 3.04. The van der Waals surface area contributed by atoms with Crippen molar-refractivity contribution in [2.75, 3.05) is 0 Å². The predicted molar refractivity (Wildman–Crippen MR) is 58.7 cm³/mol. The van der Waals surface area contributed by atoms with Gasteiger partial charge in [0.25, 0.3) is 0 Å². The molecule has 0 aliphatic rings. The van der Waals surface area contributed by atoms with Gasteiger partial charge in [-0.2, -0.15) is 4.73 Å². The van der Waals surface area contributed by atoms with Crippen molar-refractivity contribution < 1.29 is 9.63 Å². The number of carbonyl (C=O) groups is 1. The van der Waals surface area contributed by atoms with Crippen LogP contribution in [0, 0.1) is 13.8 Å². The quantitative estimate of drug-likeness (QED) is 0.711. The van der Waals surface area contributed by atoms with Gasteiger partial charge in [0.15, 0.2) is 0 Å². The van der Waals surface area contributed by atoms with Crippen molar-refractivity contribution in [3.05, 3.63) is 35.5 Å². The fourth-order valence-corrected chi connectivity index (χ4v) is 1.74. The van der Waals surface area contributed by atoms with Crippen molar-refractivity contribution in [3.63, 3.8) is 0 Å². The fraction of sp³-hybridized carbons (Fsp3) is 0.250. The molecule has 0 aliphatic heterocycles. The first kappa shape index (κ1) is 9.77. The Morgan fingerprint density at radius 1 is 1.27 bits per heavy atom. The molecule has 1 heterocycles. The summed E-state index contributed by atoms with van der Waals surface area (Å²) in [6.45, 7) is 5.37. The van der Waals surface area contributed by atoms with E-state index in [-0.39, 0.29) is 5.97 Å². The van der Waals surface area contributed by atoms with E-state index in [1.807, 2.05) is 38.1 Å². The van der Waals surface area contributed by atoms with E-state index in [0.717, 1.165) is 22.2 Å². The molecule has 78 valence electrons. The molecular formula is C12H13NO2. The van der Waals surface area contributed by atoms with Gasteiger partial charge in [0, 0.05) is 12.3 Å². The molecule has 0 amide bonds. The smallest absolute Gasteiger partial charge is 0.329 e. The number of aromatic nitrogens is 1. The molecule has 0 radical (unpaired) electrons. The van der Waals surface area contributed by atoms with Crippen LogP contribution < -0.4 is 4.84 Å². The summed E-state index contributed by atoms with van der Waals surface area (Å²) in [5.74, 6) is -0.307. The highest BCUT2D eigenvalue weighted by molar-refractivity contribution is 5.85. The molecule has 0 atom stereocenters. The zero-order valence-corrected chi connectivity index (χ0v) is 9.07. The molecule has 0 aliphatic carbocycles. The molecule has 2 aromatic rings. The van der Waals surface area contributed by atoms with E-state index >= 15 is 0 Å². The fourth-order valence-electron chi connectivity index (χ4n) is 1.74. The van der Waals surface area contributed by atoms with Gasteiger partial charge in [0.2, 0.25) is 0 Å². The van der Waals surface area contributed by atoms with Crippen LogP contribution in [0.1, 0.15) is 18.2 Å². The minimum absolute atomic E-state index is 0.307. The minimum atomic E-state index is -0.307. The molecule has 2 rings (SSSR count). The van der Waals surface area contributed by atoms with Crippen molar-refractivity contribution in [1.29, 1.82) is 0 Å². The van der Waals surface area contributed by atoms with Crippen molar-refractivity contribution >= 4 is 16.9 Å². The van der Waals surface area contributed by atoms with Crippen molar-refractivity contribution in [2.24, 2.45) is 0 Å². The number of hydrogen-bond donors (Lipinski definition) is 0. The molecule has 0 spiro atoms. The minimum Gasteiger partial charge on any atom is -0.337 e.